The maximum absolute atomic E-state index is 13.8. The van der Waals surface area contributed by atoms with Crippen molar-refractivity contribution in [3.05, 3.63) is 108 Å². The van der Waals surface area contributed by atoms with E-state index in [0.29, 0.717) is 22.7 Å². The van der Waals surface area contributed by atoms with Crippen LogP contribution in [0.2, 0.25) is 0 Å². The van der Waals surface area contributed by atoms with E-state index in [0.717, 1.165) is 16.9 Å². The highest BCUT2D eigenvalue weighted by atomic mass is 32.2. The van der Waals surface area contributed by atoms with Crippen molar-refractivity contribution in [2.45, 2.75) is 18.2 Å². The van der Waals surface area contributed by atoms with Gasteiger partial charge in [-0.05, 0) is 66.6 Å². The van der Waals surface area contributed by atoms with Gasteiger partial charge in [-0.2, -0.15) is 0 Å². The number of carbonyl (C=O) groups is 1. The number of para-hydroxylation sites is 1. The highest BCUT2D eigenvalue weighted by Crippen LogP contribution is 2.36. The fraction of sp³-hybridized carbons (Fsp3) is 0.107. The second-order valence-electron chi connectivity index (χ2n) is 7.50. The Morgan fingerprint density at radius 1 is 0.909 bits per heavy atom. The molecule has 0 aliphatic heterocycles. The summed E-state index contributed by atoms with van der Waals surface area (Å²) in [4.78, 5) is 13.9. The van der Waals surface area contributed by atoms with E-state index in [9.17, 15) is 9.18 Å². The average Bonchev–Trinajstić information content (AvgIpc) is 2.81. The van der Waals surface area contributed by atoms with Crippen LogP contribution in [0.1, 0.15) is 12.5 Å². The van der Waals surface area contributed by atoms with Crippen molar-refractivity contribution in [2.24, 2.45) is 0 Å². The third-order valence-electron chi connectivity index (χ3n) is 5.01. The van der Waals surface area contributed by atoms with Gasteiger partial charge in [0.25, 0.3) is 0 Å². The highest BCUT2D eigenvalue weighted by Gasteiger charge is 2.12. The molecule has 0 aromatic heterocycles. The van der Waals surface area contributed by atoms with Crippen LogP contribution in [0.15, 0.2) is 102 Å². The van der Waals surface area contributed by atoms with Gasteiger partial charge < -0.3 is 10.1 Å². The summed E-state index contributed by atoms with van der Waals surface area (Å²) in [6.45, 7) is 2.14. The second kappa shape index (κ2) is 10.8. The zero-order chi connectivity index (χ0) is 23.0. The standard InChI is InChI=1S/C28H24FNO2S/c1-2-33-25-14-11-20(12-15-25)17-28(31)30-23-13-16-26(21-7-6-8-22(29)18-21)27(19-23)32-24-9-4-3-5-10-24/h3-16,18-19H,2,17H2,1H3,(H,30,31)/p+1. The van der Waals surface area contributed by atoms with Gasteiger partial charge in [0.15, 0.2) is 4.90 Å². The van der Waals surface area contributed by atoms with Gasteiger partial charge in [0, 0.05) is 29.1 Å². The van der Waals surface area contributed by atoms with Gasteiger partial charge in [-0.15, -0.1) is 0 Å². The fourth-order valence-corrected chi connectivity index (χ4v) is 4.21. The number of hydrogen-bond donors (Lipinski definition) is 1. The van der Waals surface area contributed by atoms with E-state index in [4.69, 9.17) is 4.74 Å². The Bertz CT molecular complexity index is 1230. The number of thiol groups is 1. The lowest BCUT2D eigenvalue weighted by Crippen LogP contribution is -2.14. The van der Waals surface area contributed by atoms with Gasteiger partial charge in [0.1, 0.15) is 23.1 Å². The molecule has 0 bridgehead atoms. The summed E-state index contributed by atoms with van der Waals surface area (Å²) < 4.78 is 19.9. The summed E-state index contributed by atoms with van der Waals surface area (Å²) in [5, 5.41) is 2.95. The molecule has 0 unspecified atom stereocenters. The van der Waals surface area contributed by atoms with Crippen LogP contribution in [0.3, 0.4) is 0 Å². The van der Waals surface area contributed by atoms with E-state index in [1.54, 1.807) is 18.2 Å². The van der Waals surface area contributed by atoms with Crippen molar-refractivity contribution in [1.29, 1.82) is 0 Å². The van der Waals surface area contributed by atoms with E-state index >= 15 is 0 Å². The van der Waals surface area contributed by atoms with Crippen molar-refractivity contribution in [3.63, 3.8) is 0 Å². The molecule has 0 fully saturated rings. The molecule has 0 heterocycles. The van der Waals surface area contributed by atoms with Crippen LogP contribution in [0.4, 0.5) is 10.1 Å². The molecular weight excluding hydrogens is 433 g/mol. The Hall–Kier alpha value is -3.57. The van der Waals surface area contributed by atoms with Crippen molar-refractivity contribution in [3.8, 4) is 22.6 Å². The monoisotopic (exact) mass is 458 g/mol. The number of amides is 1. The van der Waals surface area contributed by atoms with Crippen LogP contribution in [-0.4, -0.2) is 11.7 Å². The normalized spacial score (nSPS) is 10.6. The quantitative estimate of drug-likeness (QED) is 0.237. The second-order valence-corrected chi connectivity index (χ2v) is 8.97. The van der Waals surface area contributed by atoms with Gasteiger partial charge in [0.2, 0.25) is 5.91 Å². The topological polar surface area (TPSA) is 38.3 Å². The predicted molar refractivity (Wildman–Crippen MR) is 135 cm³/mol. The number of carbonyl (C=O) groups excluding carboxylic acids is 1. The van der Waals surface area contributed by atoms with Crippen LogP contribution in [0.5, 0.6) is 11.5 Å². The van der Waals surface area contributed by atoms with Gasteiger partial charge in [-0.25, -0.2) is 4.39 Å². The summed E-state index contributed by atoms with van der Waals surface area (Å²) >= 11 is 1.28. The summed E-state index contributed by atoms with van der Waals surface area (Å²) in [7, 11) is 0. The number of rotatable bonds is 8. The number of benzene rings is 4. The van der Waals surface area contributed by atoms with Crippen molar-refractivity contribution >= 4 is 23.4 Å². The van der Waals surface area contributed by atoms with Crippen LogP contribution in [0.25, 0.3) is 11.1 Å². The molecule has 0 aliphatic rings. The molecule has 166 valence electrons. The summed E-state index contributed by atoms with van der Waals surface area (Å²) in [5.41, 5.74) is 3.01. The SMILES string of the molecule is CC[SH+]c1ccc(CC(=O)Nc2ccc(-c3cccc(F)c3)c(Oc3ccccc3)c2)cc1. The molecule has 0 aliphatic carbocycles. The van der Waals surface area contributed by atoms with E-state index in [-0.39, 0.29) is 18.1 Å². The van der Waals surface area contributed by atoms with Crippen LogP contribution >= 0.6 is 0 Å². The minimum absolute atomic E-state index is 0.111. The Balaban J connectivity index is 1.55. The predicted octanol–water partition coefficient (Wildman–Crippen LogP) is 6.66. The molecule has 5 heteroatoms. The Morgan fingerprint density at radius 2 is 1.70 bits per heavy atom. The zero-order valence-electron chi connectivity index (χ0n) is 18.3. The Labute approximate surface area is 197 Å². The van der Waals surface area contributed by atoms with Crippen LogP contribution in [-0.2, 0) is 23.0 Å². The summed E-state index contributed by atoms with van der Waals surface area (Å²) in [5.74, 6) is 1.83. The lowest BCUT2D eigenvalue weighted by Gasteiger charge is -2.14. The van der Waals surface area contributed by atoms with Gasteiger partial charge in [-0.3, -0.25) is 4.79 Å². The molecule has 0 atom stereocenters. The highest BCUT2D eigenvalue weighted by molar-refractivity contribution is 7.78. The molecule has 0 spiro atoms. The first-order valence-corrected chi connectivity index (χ1v) is 11.9. The lowest BCUT2D eigenvalue weighted by atomic mass is 10.0. The Morgan fingerprint density at radius 3 is 2.42 bits per heavy atom. The van der Waals surface area contributed by atoms with Crippen molar-refractivity contribution in [2.75, 3.05) is 11.1 Å². The van der Waals surface area contributed by atoms with Crippen molar-refractivity contribution < 1.29 is 13.9 Å². The van der Waals surface area contributed by atoms with Crippen LogP contribution in [0, 0.1) is 5.82 Å². The van der Waals surface area contributed by atoms with Crippen LogP contribution < -0.4 is 10.1 Å². The molecule has 1 amide bonds. The number of nitrogens with one attached hydrogen (secondary N) is 1. The van der Waals surface area contributed by atoms with Gasteiger partial charge in [-0.1, -0.05) is 42.5 Å². The Kier molecular flexibility index (Phi) is 7.43. The fourth-order valence-electron chi connectivity index (χ4n) is 3.49. The van der Waals surface area contributed by atoms with E-state index in [1.807, 2.05) is 54.6 Å². The maximum Gasteiger partial charge on any atom is 0.228 e. The smallest absolute Gasteiger partial charge is 0.228 e. The number of halogens is 1. The van der Waals surface area contributed by atoms with E-state index < -0.39 is 0 Å². The molecule has 0 radical (unpaired) electrons. The largest absolute Gasteiger partial charge is 0.457 e. The molecule has 33 heavy (non-hydrogen) atoms. The molecule has 4 aromatic carbocycles. The maximum atomic E-state index is 13.8. The number of anilines is 1. The number of ether oxygens (including phenoxy) is 1. The zero-order valence-corrected chi connectivity index (χ0v) is 19.2. The molecule has 1 N–H and O–H groups in total. The first kappa shape index (κ1) is 22.6. The summed E-state index contributed by atoms with van der Waals surface area (Å²) in [6, 6.07) is 29.3. The molecule has 4 rings (SSSR count). The molecule has 4 aromatic rings. The first-order chi connectivity index (χ1) is 16.1. The summed E-state index contributed by atoms with van der Waals surface area (Å²) in [6.07, 6.45) is 0.282. The lowest BCUT2D eigenvalue weighted by molar-refractivity contribution is -0.115. The third kappa shape index (κ3) is 6.24. The first-order valence-electron chi connectivity index (χ1n) is 10.8. The van der Waals surface area contributed by atoms with E-state index in [2.05, 4.69) is 24.4 Å². The number of hydrogen-bond acceptors (Lipinski definition) is 2. The average molecular weight is 459 g/mol. The van der Waals surface area contributed by atoms with Gasteiger partial charge in [0.05, 0.1) is 6.42 Å². The minimum atomic E-state index is -0.319. The molecule has 0 saturated heterocycles. The molecule has 0 saturated carbocycles. The van der Waals surface area contributed by atoms with Crippen molar-refractivity contribution in [1.82, 2.24) is 0 Å². The third-order valence-corrected chi connectivity index (χ3v) is 5.99. The van der Waals surface area contributed by atoms with Gasteiger partial charge >= 0.3 is 0 Å². The van der Waals surface area contributed by atoms with E-state index in [1.165, 1.54) is 28.8 Å². The minimum Gasteiger partial charge on any atom is -0.457 e. The molecule has 3 nitrogen and oxygen atoms in total. The molecular formula is C28H25FNO2S+.